The maximum absolute atomic E-state index is 2.56. The molecule has 0 aliphatic heterocycles. The summed E-state index contributed by atoms with van der Waals surface area (Å²) < 4.78 is 0.693. The van der Waals surface area contributed by atoms with E-state index in [1.165, 1.54) is 49.8 Å². The van der Waals surface area contributed by atoms with E-state index in [-0.39, 0.29) is 3.46 Å². The van der Waals surface area contributed by atoms with Crippen molar-refractivity contribution >= 4 is 26.0 Å². The van der Waals surface area contributed by atoms with Gasteiger partial charge < -0.3 is 0 Å². The van der Waals surface area contributed by atoms with Crippen LogP contribution in [0.25, 0.3) is 23.3 Å². The molecule has 0 fully saturated rings. The van der Waals surface area contributed by atoms with Crippen molar-refractivity contribution in [1.82, 2.24) is 0 Å². The van der Waals surface area contributed by atoms with E-state index in [9.17, 15) is 0 Å². The predicted molar refractivity (Wildman–Crippen MR) is 145 cm³/mol. The van der Waals surface area contributed by atoms with Crippen LogP contribution >= 0.6 is 8.58 Å². The molecule has 0 saturated carbocycles. The van der Waals surface area contributed by atoms with Crippen molar-refractivity contribution in [1.29, 1.82) is 0 Å². The molecular weight excluding hydrogens is 463 g/mol. The van der Waals surface area contributed by atoms with Crippen LogP contribution in [0.1, 0.15) is 39.0 Å². The van der Waals surface area contributed by atoms with Gasteiger partial charge in [0.15, 0.2) is 0 Å². The molecule has 0 spiro atoms. The molecule has 4 aromatic rings. The van der Waals surface area contributed by atoms with Crippen molar-refractivity contribution in [3.63, 3.8) is 0 Å². The first-order chi connectivity index (χ1) is 16.6. The van der Waals surface area contributed by atoms with Gasteiger partial charge in [-0.3, -0.25) is 0 Å². The zero-order chi connectivity index (χ0) is 23.1. The SMILES string of the molecule is CC1=Cc2c(-c3ccccc3)cccc2[CH]1[Ti][C]1(Pc2ccccc2C)C=Cc2ccccc21. The third kappa shape index (κ3) is 3.79. The molecule has 0 aromatic heterocycles. The molecule has 2 aliphatic rings. The molecule has 2 aliphatic carbocycles. The monoisotopic (exact) mass is 490 g/mol. The second-order valence-corrected chi connectivity index (χ2v) is 14.3. The van der Waals surface area contributed by atoms with Crippen molar-refractivity contribution in [2.75, 3.05) is 0 Å². The third-order valence-electron chi connectivity index (χ3n) is 7.11. The van der Waals surface area contributed by atoms with Gasteiger partial charge in [0.25, 0.3) is 0 Å². The Morgan fingerprint density at radius 2 is 1.53 bits per heavy atom. The summed E-state index contributed by atoms with van der Waals surface area (Å²) in [5, 5.41) is 1.51. The molecule has 164 valence electrons. The molecule has 0 heterocycles. The summed E-state index contributed by atoms with van der Waals surface area (Å²) in [4.78, 5) is 0. The Morgan fingerprint density at radius 1 is 0.765 bits per heavy atom. The van der Waals surface area contributed by atoms with E-state index in [4.69, 9.17) is 0 Å². The van der Waals surface area contributed by atoms with E-state index >= 15 is 0 Å². The normalized spacial score (nSPS) is 20.4. The van der Waals surface area contributed by atoms with E-state index in [2.05, 4.69) is 129 Å². The average Bonchev–Trinajstić information content (AvgIpc) is 3.39. The number of benzene rings is 4. The van der Waals surface area contributed by atoms with E-state index in [0.29, 0.717) is 4.22 Å². The first-order valence-corrected chi connectivity index (χ1v) is 14.6. The molecule has 0 nitrogen and oxygen atoms in total. The quantitative estimate of drug-likeness (QED) is 0.196. The Kier molecular flexibility index (Phi) is 5.78. The summed E-state index contributed by atoms with van der Waals surface area (Å²) in [7, 11) is 0.759. The fourth-order valence-electron chi connectivity index (χ4n) is 5.34. The second-order valence-electron chi connectivity index (χ2n) is 9.31. The third-order valence-corrected chi connectivity index (χ3v) is 13.0. The van der Waals surface area contributed by atoms with E-state index in [1.807, 2.05) is 0 Å². The van der Waals surface area contributed by atoms with Crippen LogP contribution in [-0.4, -0.2) is 0 Å². The van der Waals surface area contributed by atoms with E-state index < -0.39 is 19.2 Å². The van der Waals surface area contributed by atoms with Gasteiger partial charge >= 0.3 is 214 Å². The summed E-state index contributed by atoms with van der Waals surface area (Å²) in [6.07, 6.45) is 7.43. The average molecular weight is 490 g/mol. The summed E-state index contributed by atoms with van der Waals surface area (Å²) in [5.74, 6) is 0. The molecule has 0 amide bonds. The van der Waals surface area contributed by atoms with Crippen LogP contribution in [0.15, 0.2) is 109 Å². The number of hydrogen-bond donors (Lipinski definition) is 0. The standard InChI is InChI=1S/C16H14P.C16H13.Ti/c1-12-6-2-5-9-15(12)17-16-11-10-13-7-3-4-8-14(13)16;1-12-10-14-8-5-9-15(16(14)11-12)13-6-3-2-4-7-13;/h2-11,17H,1H3;2-11H,1H3;. The fraction of sp³-hybridized carbons (Fsp3) is 0.125. The zero-order valence-electron chi connectivity index (χ0n) is 19.5. The molecule has 6 rings (SSSR count). The molecule has 3 atom stereocenters. The Bertz CT molecular complexity index is 1430. The first kappa shape index (κ1) is 22.0. The summed E-state index contributed by atoms with van der Waals surface area (Å²) in [6, 6.07) is 35.9. The van der Waals surface area contributed by atoms with Crippen LogP contribution in [0.4, 0.5) is 0 Å². The van der Waals surface area contributed by atoms with Crippen LogP contribution in [-0.2, 0) is 22.6 Å². The van der Waals surface area contributed by atoms with Gasteiger partial charge in [-0.25, -0.2) is 0 Å². The first-order valence-electron chi connectivity index (χ1n) is 11.9. The Morgan fingerprint density at radius 3 is 2.38 bits per heavy atom. The van der Waals surface area contributed by atoms with E-state index in [1.54, 1.807) is 0 Å². The molecule has 34 heavy (non-hydrogen) atoms. The van der Waals surface area contributed by atoms with Gasteiger partial charge in [0.2, 0.25) is 0 Å². The van der Waals surface area contributed by atoms with Crippen molar-refractivity contribution < 1.29 is 19.2 Å². The second kappa shape index (κ2) is 8.94. The van der Waals surface area contributed by atoms with Crippen LogP contribution in [0, 0.1) is 6.92 Å². The van der Waals surface area contributed by atoms with Crippen molar-refractivity contribution in [2.45, 2.75) is 21.5 Å². The Hall–Kier alpha value is -2.50. The Labute approximate surface area is 213 Å². The fourth-order valence-corrected chi connectivity index (χ4v) is 11.1. The van der Waals surface area contributed by atoms with Crippen LogP contribution in [0.3, 0.4) is 0 Å². The van der Waals surface area contributed by atoms with Gasteiger partial charge in [0.05, 0.1) is 0 Å². The van der Waals surface area contributed by atoms with Gasteiger partial charge in [-0.2, -0.15) is 0 Å². The molecule has 3 unspecified atom stereocenters. The zero-order valence-corrected chi connectivity index (χ0v) is 22.1. The van der Waals surface area contributed by atoms with E-state index in [0.717, 1.165) is 8.58 Å². The van der Waals surface area contributed by atoms with Crippen molar-refractivity contribution in [2.24, 2.45) is 0 Å². The van der Waals surface area contributed by atoms with Gasteiger partial charge in [-0.15, -0.1) is 0 Å². The minimum absolute atomic E-state index is 0.146. The predicted octanol–water partition coefficient (Wildman–Crippen LogP) is 8.09. The molecule has 0 radical (unpaired) electrons. The topological polar surface area (TPSA) is 0 Å². The maximum atomic E-state index is 2.56. The number of rotatable bonds is 5. The number of aryl methyl sites for hydroxylation is 1. The van der Waals surface area contributed by atoms with Crippen LogP contribution < -0.4 is 5.30 Å². The minimum atomic E-state index is -0.435. The van der Waals surface area contributed by atoms with Crippen molar-refractivity contribution in [3.05, 3.63) is 137 Å². The summed E-state index contributed by atoms with van der Waals surface area (Å²) in [5.41, 5.74) is 11.5. The number of hydrogen-bond acceptors (Lipinski definition) is 0. The Balaban J connectivity index is 1.44. The number of allylic oxidation sites excluding steroid dienone is 2. The summed E-state index contributed by atoms with van der Waals surface area (Å²) in [6.45, 7) is 4.63. The van der Waals surface area contributed by atoms with Crippen molar-refractivity contribution in [3.8, 4) is 11.1 Å². The van der Waals surface area contributed by atoms with Crippen LogP contribution in [0.2, 0.25) is 0 Å². The van der Waals surface area contributed by atoms with Gasteiger partial charge in [0, 0.05) is 0 Å². The molecular formula is C32H27PTi. The summed E-state index contributed by atoms with van der Waals surface area (Å²) >= 11 is -0.435. The molecule has 4 aromatic carbocycles. The van der Waals surface area contributed by atoms with Gasteiger partial charge in [0.1, 0.15) is 0 Å². The molecule has 2 heteroatoms. The molecule has 0 saturated heterocycles. The number of fused-ring (bicyclic) bond motifs is 2. The molecule has 0 bridgehead atoms. The van der Waals surface area contributed by atoms with Gasteiger partial charge in [-0.05, 0) is 0 Å². The van der Waals surface area contributed by atoms with Gasteiger partial charge in [-0.1, -0.05) is 0 Å². The molecule has 0 N–H and O–H groups in total. The van der Waals surface area contributed by atoms with Crippen LogP contribution in [0.5, 0.6) is 0 Å².